The van der Waals surface area contributed by atoms with Crippen LogP contribution in [0.25, 0.3) is 0 Å². The Balaban J connectivity index is 1.61. The first-order valence-electron chi connectivity index (χ1n) is 8.51. The lowest BCUT2D eigenvalue weighted by Gasteiger charge is -2.33. The number of amides is 1. The largest absolute Gasteiger partial charge is 0.335 e. The molecular formula is C18H27N3O. The van der Waals surface area contributed by atoms with Gasteiger partial charge in [-0.05, 0) is 51.4 Å². The molecule has 2 saturated heterocycles. The second-order valence-corrected chi connectivity index (χ2v) is 6.55. The molecule has 2 aliphatic rings. The fourth-order valence-corrected chi connectivity index (χ4v) is 3.77. The number of carbonyl (C=O) groups is 1. The summed E-state index contributed by atoms with van der Waals surface area (Å²) in [6.07, 6.45) is 4.49. The van der Waals surface area contributed by atoms with Gasteiger partial charge >= 0.3 is 0 Å². The molecule has 4 nitrogen and oxygen atoms in total. The maximum absolute atomic E-state index is 12.8. The molecule has 2 aliphatic heterocycles. The van der Waals surface area contributed by atoms with Gasteiger partial charge in [0.05, 0.1) is 12.6 Å². The van der Waals surface area contributed by atoms with Crippen LogP contribution in [-0.2, 0) is 4.79 Å². The van der Waals surface area contributed by atoms with E-state index in [-0.39, 0.29) is 11.9 Å². The standard InChI is InChI=1S/C18H27N3O/c1-20(16-9-11-19-12-10-16)14-18(22)21-13-5-8-17(21)15-6-3-2-4-7-15/h2-4,6-7,16-17,19H,5,8-14H2,1H3. The van der Waals surface area contributed by atoms with E-state index in [1.807, 2.05) is 6.07 Å². The van der Waals surface area contributed by atoms with Gasteiger partial charge in [0.15, 0.2) is 0 Å². The van der Waals surface area contributed by atoms with Gasteiger partial charge in [-0.25, -0.2) is 0 Å². The molecule has 1 unspecified atom stereocenters. The van der Waals surface area contributed by atoms with Crippen molar-refractivity contribution in [2.75, 3.05) is 33.2 Å². The summed E-state index contributed by atoms with van der Waals surface area (Å²) in [4.78, 5) is 17.1. The number of piperidine rings is 1. The molecule has 1 aromatic rings. The van der Waals surface area contributed by atoms with Gasteiger partial charge in [0, 0.05) is 12.6 Å². The molecule has 22 heavy (non-hydrogen) atoms. The summed E-state index contributed by atoms with van der Waals surface area (Å²) in [7, 11) is 2.10. The molecule has 1 amide bonds. The van der Waals surface area contributed by atoms with E-state index in [9.17, 15) is 4.79 Å². The second-order valence-electron chi connectivity index (χ2n) is 6.55. The average molecular weight is 301 g/mol. The van der Waals surface area contributed by atoms with Crippen LogP contribution in [0.2, 0.25) is 0 Å². The fourth-order valence-electron chi connectivity index (χ4n) is 3.77. The van der Waals surface area contributed by atoms with Crippen molar-refractivity contribution in [3.05, 3.63) is 35.9 Å². The molecule has 4 heteroatoms. The molecule has 2 heterocycles. The van der Waals surface area contributed by atoms with E-state index in [0.29, 0.717) is 12.6 Å². The predicted octanol–water partition coefficient (Wildman–Crippen LogP) is 2.03. The van der Waals surface area contributed by atoms with Crippen molar-refractivity contribution in [2.45, 2.75) is 37.8 Å². The van der Waals surface area contributed by atoms with Crippen LogP contribution in [0.15, 0.2) is 30.3 Å². The van der Waals surface area contributed by atoms with E-state index >= 15 is 0 Å². The van der Waals surface area contributed by atoms with Crippen LogP contribution in [0.1, 0.15) is 37.3 Å². The maximum Gasteiger partial charge on any atom is 0.237 e. The lowest BCUT2D eigenvalue weighted by Crippen LogP contribution is -2.46. The van der Waals surface area contributed by atoms with Gasteiger partial charge < -0.3 is 10.2 Å². The molecule has 0 spiro atoms. The van der Waals surface area contributed by atoms with E-state index in [0.717, 1.165) is 45.3 Å². The monoisotopic (exact) mass is 301 g/mol. The third-order valence-corrected chi connectivity index (χ3v) is 5.07. The lowest BCUT2D eigenvalue weighted by molar-refractivity contribution is -0.133. The van der Waals surface area contributed by atoms with Crippen LogP contribution < -0.4 is 5.32 Å². The fraction of sp³-hybridized carbons (Fsp3) is 0.611. The first-order valence-corrected chi connectivity index (χ1v) is 8.51. The van der Waals surface area contributed by atoms with Gasteiger partial charge in [-0.1, -0.05) is 30.3 Å². The Morgan fingerprint density at radius 2 is 1.95 bits per heavy atom. The summed E-state index contributed by atoms with van der Waals surface area (Å²) in [5.41, 5.74) is 1.28. The number of nitrogens with zero attached hydrogens (tertiary/aromatic N) is 2. The van der Waals surface area contributed by atoms with Gasteiger partial charge in [-0.3, -0.25) is 9.69 Å². The summed E-state index contributed by atoms with van der Waals surface area (Å²) in [5.74, 6) is 0.285. The summed E-state index contributed by atoms with van der Waals surface area (Å²) in [6, 6.07) is 11.3. The van der Waals surface area contributed by atoms with E-state index in [1.54, 1.807) is 0 Å². The second kappa shape index (κ2) is 7.25. The third kappa shape index (κ3) is 3.50. The molecule has 1 N–H and O–H groups in total. The van der Waals surface area contributed by atoms with Crippen LogP contribution in [0.3, 0.4) is 0 Å². The highest BCUT2D eigenvalue weighted by atomic mass is 16.2. The highest BCUT2D eigenvalue weighted by Gasteiger charge is 2.31. The molecule has 1 aromatic carbocycles. The van der Waals surface area contributed by atoms with Crippen molar-refractivity contribution >= 4 is 5.91 Å². The van der Waals surface area contributed by atoms with Gasteiger partial charge in [-0.15, -0.1) is 0 Å². The number of likely N-dealkylation sites (tertiary alicyclic amines) is 1. The molecular weight excluding hydrogens is 274 g/mol. The highest BCUT2D eigenvalue weighted by Crippen LogP contribution is 2.31. The molecule has 0 saturated carbocycles. The maximum atomic E-state index is 12.8. The number of benzene rings is 1. The van der Waals surface area contributed by atoms with E-state index in [1.165, 1.54) is 5.56 Å². The van der Waals surface area contributed by atoms with Crippen LogP contribution in [0.5, 0.6) is 0 Å². The van der Waals surface area contributed by atoms with Crippen molar-refractivity contribution < 1.29 is 4.79 Å². The predicted molar refractivity (Wildman–Crippen MR) is 88.7 cm³/mol. The zero-order valence-electron chi connectivity index (χ0n) is 13.5. The molecule has 0 radical (unpaired) electrons. The Morgan fingerprint density at radius 3 is 2.68 bits per heavy atom. The van der Waals surface area contributed by atoms with Crippen molar-refractivity contribution in [1.29, 1.82) is 0 Å². The third-order valence-electron chi connectivity index (χ3n) is 5.07. The molecule has 2 fully saturated rings. The van der Waals surface area contributed by atoms with Gasteiger partial charge in [0.1, 0.15) is 0 Å². The molecule has 1 atom stereocenters. The smallest absolute Gasteiger partial charge is 0.237 e. The molecule has 0 aromatic heterocycles. The Bertz CT molecular complexity index is 484. The minimum atomic E-state index is 0.273. The Kier molecular flexibility index (Phi) is 5.11. The topological polar surface area (TPSA) is 35.6 Å². The summed E-state index contributed by atoms with van der Waals surface area (Å²) >= 11 is 0. The summed E-state index contributed by atoms with van der Waals surface area (Å²) < 4.78 is 0. The van der Waals surface area contributed by atoms with Crippen molar-refractivity contribution in [3.8, 4) is 0 Å². The quantitative estimate of drug-likeness (QED) is 0.924. The van der Waals surface area contributed by atoms with E-state index in [2.05, 4.69) is 46.4 Å². The highest BCUT2D eigenvalue weighted by molar-refractivity contribution is 5.79. The number of hydrogen-bond donors (Lipinski definition) is 1. The van der Waals surface area contributed by atoms with Crippen LogP contribution in [0, 0.1) is 0 Å². The minimum Gasteiger partial charge on any atom is -0.335 e. The van der Waals surface area contributed by atoms with E-state index in [4.69, 9.17) is 0 Å². The zero-order chi connectivity index (χ0) is 15.4. The van der Waals surface area contributed by atoms with Crippen molar-refractivity contribution in [2.24, 2.45) is 0 Å². The molecule has 0 bridgehead atoms. The van der Waals surface area contributed by atoms with Crippen LogP contribution >= 0.6 is 0 Å². The molecule has 3 rings (SSSR count). The van der Waals surface area contributed by atoms with Gasteiger partial charge in [-0.2, -0.15) is 0 Å². The van der Waals surface area contributed by atoms with Crippen molar-refractivity contribution in [3.63, 3.8) is 0 Å². The number of hydrogen-bond acceptors (Lipinski definition) is 3. The lowest BCUT2D eigenvalue weighted by atomic mass is 10.0. The van der Waals surface area contributed by atoms with Gasteiger partial charge in [0.2, 0.25) is 5.91 Å². The van der Waals surface area contributed by atoms with Crippen LogP contribution in [-0.4, -0.2) is 55.0 Å². The molecule has 0 aliphatic carbocycles. The number of carbonyl (C=O) groups excluding carboxylic acids is 1. The minimum absolute atomic E-state index is 0.273. The normalized spacial score (nSPS) is 23.2. The Morgan fingerprint density at radius 1 is 1.23 bits per heavy atom. The van der Waals surface area contributed by atoms with E-state index < -0.39 is 0 Å². The number of likely N-dealkylation sites (N-methyl/N-ethyl adjacent to an activating group) is 1. The van der Waals surface area contributed by atoms with Crippen LogP contribution in [0.4, 0.5) is 0 Å². The SMILES string of the molecule is CN(CC(=O)N1CCCC1c1ccccc1)C1CCNCC1. The first kappa shape index (κ1) is 15.5. The van der Waals surface area contributed by atoms with Crippen molar-refractivity contribution in [1.82, 2.24) is 15.1 Å². The molecule has 120 valence electrons. The summed E-state index contributed by atoms with van der Waals surface area (Å²) in [5, 5.41) is 3.38. The average Bonchev–Trinajstić information content (AvgIpc) is 3.06. The van der Waals surface area contributed by atoms with Gasteiger partial charge in [0.25, 0.3) is 0 Å². The summed E-state index contributed by atoms with van der Waals surface area (Å²) in [6.45, 7) is 3.59. The zero-order valence-corrected chi connectivity index (χ0v) is 13.5. The number of rotatable bonds is 4. The first-order chi connectivity index (χ1) is 10.8. The number of nitrogens with one attached hydrogen (secondary N) is 1. The Labute approximate surface area is 133 Å². The Hall–Kier alpha value is -1.39.